The molecule has 7 heteroatoms. The standard InChI is InChI=1S/C30H33N3O4/c1-20-8-13-26(31-21(20)2)28(35)33-18-23-6-4-5-7-25(23)30(19-33)14-16-32(17-15-30)29(36)27(34)22-9-11-24(37-3)12-10-22/h4-13,27,34H,14-19H2,1-3H3. The molecule has 1 spiro atoms. The first-order chi connectivity index (χ1) is 17.8. The van der Waals surface area contributed by atoms with E-state index in [0.29, 0.717) is 43.2 Å². The first-order valence-electron chi connectivity index (χ1n) is 12.7. The normalized spacial score (nSPS) is 17.3. The van der Waals surface area contributed by atoms with Gasteiger partial charge in [0.2, 0.25) is 0 Å². The molecular formula is C30H33N3O4. The molecular weight excluding hydrogens is 466 g/mol. The summed E-state index contributed by atoms with van der Waals surface area (Å²) in [6, 6.07) is 19.0. The van der Waals surface area contributed by atoms with Crippen LogP contribution in [0.15, 0.2) is 60.7 Å². The highest BCUT2D eigenvalue weighted by molar-refractivity contribution is 5.92. The van der Waals surface area contributed by atoms with Crippen LogP contribution in [0.5, 0.6) is 5.75 Å². The first-order valence-corrected chi connectivity index (χ1v) is 12.7. The molecule has 3 heterocycles. The number of aryl methyl sites for hydroxylation is 2. The summed E-state index contributed by atoms with van der Waals surface area (Å²) in [4.78, 5) is 34.9. The van der Waals surface area contributed by atoms with Gasteiger partial charge < -0.3 is 19.6 Å². The van der Waals surface area contributed by atoms with E-state index < -0.39 is 6.10 Å². The molecule has 5 rings (SSSR count). The Balaban J connectivity index is 1.35. The number of aromatic nitrogens is 1. The number of piperidine rings is 1. The second-order valence-electron chi connectivity index (χ2n) is 10.2. The summed E-state index contributed by atoms with van der Waals surface area (Å²) in [6.07, 6.45) is 0.220. The molecule has 0 radical (unpaired) electrons. The predicted molar refractivity (Wildman–Crippen MR) is 140 cm³/mol. The lowest BCUT2D eigenvalue weighted by atomic mass is 9.68. The van der Waals surface area contributed by atoms with Crippen LogP contribution in [0.3, 0.4) is 0 Å². The number of amides is 2. The molecule has 2 aromatic carbocycles. The quantitative estimate of drug-likeness (QED) is 0.588. The van der Waals surface area contributed by atoms with Gasteiger partial charge in [0.15, 0.2) is 6.10 Å². The summed E-state index contributed by atoms with van der Waals surface area (Å²) >= 11 is 0. The zero-order valence-electron chi connectivity index (χ0n) is 21.6. The van der Waals surface area contributed by atoms with Crippen LogP contribution >= 0.6 is 0 Å². The number of carbonyl (C=O) groups excluding carboxylic acids is 2. The number of nitrogens with zero attached hydrogens (tertiary/aromatic N) is 3. The second kappa shape index (κ2) is 9.98. The molecule has 1 fully saturated rings. The van der Waals surface area contributed by atoms with Crippen molar-refractivity contribution in [3.8, 4) is 5.75 Å². The number of rotatable bonds is 4. The summed E-state index contributed by atoms with van der Waals surface area (Å²) in [5.74, 6) is 0.316. The fourth-order valence-corrected chi connectivity index (χ4v) is 5.63. The fourth-order valence-electron chi connectivity index (χ4n) is 5.63. The Morgan fingerprint density at radius 1 is 0.973 bits per heavy atom. The number of hydrogen-bond donors (Lipinski definition) is 1. The zero-order valence-corrected chi connectivity index (χ0v) is 21.6. The van der Waals surface area contributed by atoms with Crippen LogP contribution in [-0.2, 0) is 16.8 Å². The number of aliphatic hydroxyl groups excluding tert-OH is 1. The molecule has 1 saturated heterocycles. The minimum absolute atomic E-state index is 0.0644. The molecule has 2 amide bonds. The number of aliphatic hydroxyl groups is 1. The Labute approximate surface area is 217 Å². The average Bonchev–Trinajstić information content (AvgIpc) is 2.94. The van der Waals surface area contributed by atoms with E-state index in [9.17, 15) is 14.7 Å². The van der Waals surface area contributed by atoms with Crippen LogP contribution in [0.1, 0.15) is 57.4 Å². The van der Waals surface area contributed by atoms with Crippen molar-refractivity contribution < 1.29 is 19.4 Å². The molecule has 1 N–H and O–H groups in total. The largest absolute Gasteiger partial charge is 0.497 e. The van der Waals surface area contributed by atoms with Gasteiger partial charge in [-0.25, -0.2) is 4.98 Å². The highest BCUT2D eigenvalue weighted by atomic mass is 16.5. The van der Waals surface area contributed by atoms with Crippen LogP contribution in [0, 0.1) is 13.8 Å². The summed E-state index contributed by atoms with van der Waals surface area (Å²) < 4.78 is 5.17. The van der Waals surface area contributed by atoms with E-state index in [4.69, 9.17) is 4.74 Å². The molecule has 2 aliphatic heterocycles. The Bertz CT molecular complexity index is 1310. The van der Waals surface area contributed by atoms with E-state index in [1.165, 1.54) is 5.56 Å². The maximum Gasteiger partial charge on any atom is 0.272 e. The zero-order chi connectivity index (χ0) is 26.2. The minimum atomic E-state index is -1.22. The molecule has 1 aromatic heterocycles. The Kier molecular flexibility index (Phi) is 6.73. The van der Waals surface area contributed by atoms with Gasteiger partial charge in [0.25, 0.3) is 11.8 Å². The molecule has 0 bridgehead atoms. The number of benzene rings is 2. The van der Waals surface area contributed by atoms with Gasteiger partial charge in [0, 0.05) is 37.3 Å². The fraction of sp³-hybridized carbons (Fsp3) is 0.367. The molecule has 2 aliphatic rings. The number of methoxy groups -OCH3 is 1. The van der Waals surface area contributed by atoms with Gasteiger partial charge in [-0.3, -0.25) is 9.59 Å². The maximum absolute atomic E-state index is 13.5. The van der Waals surface area contributed by atoms with Crippen molar-refractivity contribution in [3.63, 3.8) is 0 Å². The molecule has 3 aromatic rings. The number of hydrogen-bond acceptors (Lipinski definition) is 5. The van der Waals surface area contributed by atoms with Crippen molar-refractivity contribution in [1.82, 2.24) is 14.8 Å². The number of ether oxygens (including phenoxy) is 1. The SMILES string of the molecule is COc1ccc(C(O)C(=O)N2CCC3(CC2)CN(C(=O)c2ccc(C)c(C)n2)Cc2ccccc23)cc1. The van der Waals surface area contributed by atoms with Crippen molar-refractivity contribution in [2.24, 2.45) is 0 Å². The van der Waals surface area contributed by atoms with Crippen molar-refractivity contribution >= 4 is 11.8 Å². The second-order valence-corrected chi connectivity index (χ2v) is 10.2. The summed E-state index contributed by atoms with van der Waals surface area (Å²) in [5, 5.41) is 10.8. The Hall–Kier alpha value is -3.71. The van der Waals surface area contributed by atoms with E-state index in [2.05, 4.69) is 17.1 Å². The lowest BCUT2D eigenvalue weighted by Crippen LogP contribution is -2.54. The van der Waals surface area contributed by atoms with E-state index in [1.807, 2.05) is 36.9 Å². The molecule has 0 aliphatic carbocycles. The Morgan fingerprint density at radius 3 is 2.35 bits per heavy atom. The van der Waals surface area contributed by atoms with E-state index in [-0.39, 0.29) is 17.2 Å². The van der Waals surface area contributed by atoms with Gasteiger partial charge in [0.1, 0.15) is 11.4 Å². The number of pyridine rings is 1. The van der Waals surface area contributed by atoms with Crippen LogP contribution in [-0.4, -0.2) is 58.4 Å². The minimum Gasteiger partial charge on any atom is -0.497 e. The highest BCUT2D eigenvalue weighted by Crippen LogP contribution is 2.42. The summed E-state index contributed by atoms with van der Waals surface area (Å²) in [6.45, 7) is 6.08. The maximum atomic E-state index is 13.5. The smallest absolute Gasteiger partial charge is 0.272 e. The molecule has 192 valence electrons. The van der Waals surface area contributed by atoms with Crippen molar-refractivity contribution in [1.29, 1.82) is 0 Å². The topological polar surface area (TPSA) is 83.0 Å². The van der Waals surface area contributed by atoms with Crippen molar-refractivity contribution in [3.05, 3.63) is 94.3 Å². The monoisotopic (exact) mass is 499 g/mol. The average molecular weight is 500 g/mol. The lowest BCUT2D eigenvalue weighted by Gasteiger charge is -2.48. The van der Waals surface area contributed by atoms with Crippen LogP contribution in [0.4, 0.5) is 0 Å². The van der Waals surface area contributed by atoms with E-state index in [0.717, 1.165) is 29.7 Å². The van der Waals surface area contributed by atoms with Crippen LogP contribution < -0.4 is 4.74 Å². The van der Waals surface area contributed by atoms with Gasteiger partial charge in [-0.2, -0.15) is 0 Å². The molecule has 0 saturated carbocycles. The van der Waals surface area contributed by atoms with Gasteiger partial charge in [-0.05, 0) is 67.1 Å². The third-order valence-electron chi connectivity index (χ3n) is 8.00. The number of carbonyl (C=O) groups is 2. The van der Waals surface area contributed by atoms with Crippen molar-refractivity contribution in [2.45, 2.75) is 44.8 Å². The van der Waals surface area contributed by atoms with Gasteiger partial charge in [-0.1, -0.05) is 42.5 Å². The highest BCUT2D eigenvalue weighted by Gasteiger charge is 2.44. The van der Waals surface area contributed by atoms with Gasteiger partial charge in [-0.15, -0.1) is 0 Å². The van der Waals surface area contributed by atoms with Gasteiger partial charge in [0.05, 0.1) is 7.11 Å². The molecule has 37 heavy (non-hydrogen) atoms. The number of likely N-dealkylation sites (tertiary alicyclic amines) is 1. The van der Waals surface area contributed by atoms with E-state index in [1.54, 1.807) is 42.3 Å². The predicted octanol–water partition coefficient (Wildman–Crippen LogP) is 3.96. The summed E-state index contributed by atoms with van der Waals surface area (Å²) in [7, 11) is 1.58. The van der Waals surface area contributed by atoms with Crippen LogP contribution in [0.2, 0.25) is 0 Å². The first kappa shape index (κ1) is 25.0. The van der Waals surface area contributed by atoms with Gasteiger partial charge >= 0.3 is 0 Å². The third-order valence-corrected chi connectivity index (χ3v) is 8.00. The number of fused-ring (bicyclic) bond motifs is 2. The lowest BCUT2D eigenvalue weighted by molar-refractivity contribution is -0.142. The molecule has 7 nitrogen and oxygen atoms in total. The van der Waals surface area contributed by atoms with Crippen LogP contribution in [0.25, 0.3) is 0 Å². The van der Waals surface area contributed by atoms with Crippen molar-refractivity contribution in [2.75, 3.05) is 26.7 Å². The summed E-state index contributed by atoms with van der Waals surface area (Å²) in [5.41, 5.74) is 5.09. The third kappa shape index (κ3) is 4.71. The molecule has 1 atom stereocenters. The Morgan fingerprint density at radius 2 is 1.68 bits per heavy atom. The molecule has 1 unspecified atom stereocenters. The van der Waals surface area contributed by atoms with E-state index >= 15 is 0 Å².